The van der Waals surface area contributed by atoms with Crippen molar-refractivity contribution in [2.75, 3.05) is 11.4 Å². The molecule has 0 unspecified atom stereocenters. The first-order chi connectivity index (χ1) is 9.43. The van der Waals surface area contributed by atoms with Crippen molar-refractivity contribution in [2.45, 2.75) is 4.90 Å². The second-order valence-corrected chi connectivity index (χ2v) is 6.83. The van der Waals surface area contributed by atoms with Gasteiger partial charge < -0.3 is 0 Å². The monoisotopic (exact) mass is 307 g/mol. The van der Waals surface area contributed by atoms with Crippen molar-refractivity contribution >= 4 is 33.1 Å². The number of anilines is 1. The number of halogens is 1. The molecule has 6 heteroatoms. The van der Waals surface area contributed by atoms with Gasteiger partial charge in [0.05, 0.1) is 10.6 Å². The van der Waals surface area contributed by atoms with E-state index in [-0.39, 0.29) is 16.2 Å². The Labute approximate surface area is 121 Å². The highest BCUT2D eigenvalue weighted by Crippen LogP contribution is 2.34. The van der Waals surface area contributed by atoms with E-state index >= 15 is 0 Å². The van der Waals surface area contributed by atoms with Gasteiger partial charge in [0.15, 0.2) is 5.78 Å². The number of carbonyl (C=O) groups excluding carboxylic acids is 1. The molecule has 0 spiro atoms. The summed E-state index contributed by atoms with van der Waals surface area (Å²) in [5.41, 5.74) is 0.818. The zero-order valence-corrected chi connectivity index (χ0v) is 12.1. The summed E-state index contributed by atoms with van der Waals surface area (Å²) in [7, 11) is -2.33. The van der Waals surface area contributed by atoms with Crippen LogP contribution in [0.25, 0.3) is 0 Å². The number of para-hydroxylation sites is 1. The van der Waals surface area contributed by atoms with Crippen molar-refractivity contribution in [2.24, 2.45) is 0 Å². The summed E-state index contributed by atoms with van der Waals surface area (Å²) < 4.78 is 26.3. The number of carbonyl (C=O) groups is 1. The van der Waals surface area contributed by atoms with Crippen molar-refractivity contribution in [1.29, 1.82) is 0 Å². The second kappa shape index (κ2) is 4.33. The fourth-order valence-corrected chi connectivity index (χ4v) is 3.82. The van der Waals surface area contributed by atoms with Gasteiger partial charge in [-0.1, -0.05) is 23.7 Å². The fraction of sp³-hybridized carbons (Fsp3) is 0.0714. The van der Waals surface area contributed by atoms with E-state index in [0.29, 0.717) is 16.3 Å². The van der Waals surface area contributed by atoms with Gasteiger partial charge in [-0.2, -0.15) is 0 Å². The molecule has 0 aromatic heterocycles. The van der Waals surface area contributed by atoms with E-state index in [1.807, 2.05) is 0 Å². The van der Waals surface area contributed by atoms with E-state index in [9.17, 15) is 13.2 Å². The molecule has 3 rings (SSSR count). The van der Waals surface area contributed by atoms with Gasteiger partial charge in [-0.05, 0) is 30.3 Å². The summed E-state index contributed by atoms with van der Waals surface area (Å²) in [5, 5.41) is 0.328. The normalized spacial score (nSPS) is 16.3. The number of nitrogens with zero attached hydrogens (tertiary/aromatic N) is 1. The number of ketones is 1. The first-order valence-electron chi connectivity index (χ1n) is 5.85. The minimum absolute atomic E-state index is 0.0226. The highest BCUT2D eigenvalue weighted by Gasteiger charge is 2.33. The molecule has 1 heterocycles. The Bertz CT molecular complexity index is 830. The van der Waals surface area contributed by atoms with Crippen LogP contribution in [-0.2, 0) is 10.0 Å². The first kappa shape index (κ1) is 13.1. The molecule has 2 aromatic rings. The van der Waals surface area contributed by atoms with Crippen LogP contribution in [0.1, 0.15) is 15.9 Å². The van der Waals surface area contributed by atoms with Crippen molar-refractivity contribution in [3.63, 3.8) is 0 Å². The van der Waals surface area contributed by atoms with Gasteiger partial charge in [0.1, 0.15) is 0 Å². The van der Waals surface area contributed by atoms with E-state index in [1.54, 1.807) is 24.3 Å². The van der Waals surface area contributed by atoms with Gasteiger partial charge in [0.25, 0.3) is 10.0 Å². The van der Waals surface area contributed by atoms with Crippen LogP contribution >= 0.6 is 11.6 Å². The molecule has 0 radical (unpaired) electrons. The maximum absolute atomic E-state index is 12.6. The van der Waals surface area contributed by atoms with Crippen molar-refractivity contribution in [3.8, 4) is 0 Å². The molecule has 1 aliphatic heterocycles. The molecule has 0 fully saturated rings. The lowest BCUT2D eigenvalue weighted by Gasteiger charge is -2.18. The van der Waals surface area contributed by atoms with Crippen LogP contribution < -0.4 is 4.31 Å². The van der Waals surface area contributed by atoms with Crippen LogP contribution in [-0.4, -0.2) is 21.2 Å². The van der Waals surface area contributed by atoms with Gasteiger partial charge in [-0.25, -0.2) is 8.42 Å². The fourth-order valence-electron chi connectivity index (χ4n) is 2.27. The third-order valence-corrected chi connectivity index (χ3v) is 5.38. The summed E-state index contributed by atoms with van der Waals surface area (Å²) in [6, 6.07) is 10.8. The SMILES string of the molecule is CN1c2ccccc2C(=O)c2cc(Cl)ccc2S1(=O)=O. The Kier molecular flexibility index (Phi) is 2.84. The van der Waals surface area contributed by atoms with Crippen molar-refractivity contribution < 1.29 is 13.2 Å². The molecule has 0 aliphatic carbocycles. The Morgan fingerprint density at radius 1 is 1.05 bits per heavy atom. The van der Waals surface area contributed by atoms with Crippen LogP contribution in [0.5, 0.6) is 0 Å². The van der Waals surface area contributed by atoms with Crippen LogP contribution in [0.2, 0.25) is 5.02 Å². The smallest absolute Gasteiger partial charge is 0.264 e. The predicted molar refractivity (Wildman–Crippen MR) is 76.9 cm³/mol. The minimum Gasteiger partial charge on any atom is -0.288 e. The Balaban J connectivity index is 2.44. The van der Waals surface area contributed by atoms with Gasteiger partial charge >= 0.3 is 0 Å². The minimum atomic E-state index is -3.77. The standard InChI is InChI=1S/C14H10ClNO3S/c1-16-12-5-3-2-4-10(12)14(17)11-8-9(15)6-7-13(11)20(16,18)19/h2-8H,1H3. The summed E-state index contributed by atoms with van der Waals surface area (Å²) in [6.07, 6.45) is 0. The molecule has 20 heavy (non-hydrogen) atoms. The topological polar surface area (TPSA) is 54.5 Å². The molecule has 0 amide bonds. The molecule has 2 aromatic carbocycles. The molecule has 4 nitrogen and oxygen atoms in total. The van der Waals surface area contributed by atoms with Crippen LogP contribution in [0.4, 0.5) is 5.69 Å². The largest absolute Gasteiger partial charge is 0.288 e. The van der Waals surface area contributed by atoms with Gasteiger partial charge in [0.2, 0.25) is 0 Å². The van der Waals surface area contributed by atoms with Gasteiger partial charge in [0, 0.05) is 23.2 Å². The van der Waals surface area contributed by atoms with E-state index < -0.39 is 10.0 Å². The van der Waals surface area contributed by atoms with Crippen molar-refractivity contribution in [1.82, 2.24) is 0 Å². The summed E-state index contributed by atoms with van der Waals surface area (Å²) in [6.45, 7) is 0. The molecule has 102 valence electrons. The lowest BCUT2D eigenvalue weighted by atomic mass is 10.0. The molecule has 0 saturated carbocycles. The number of rotatable bonds is 0. The Morgan fingerprint density at radius 2 is 1.75 bits per heavy atom. The molecule has 0 N–H and O–H groups in total. The summed E-state index contributed by atoms with van der Waals surface area (Å²) in [4.78, 5) is 12.5. The second-order valence-electron chi connectivity index (χ2n) is 4.46. The van der Waals surface area contributed by atoms with Crippen LogP contribution in [0, 0.1) is 0 Å². The van der Waals surface area contributed by atoms with Gasteiger partial charge in [-0.15, -0.1) is 0 Å². The third-order valence-electron chi connectivity index (χ3n) is 3.31. The van der Waals surface area contributed by atoms with Crippen LogP contribution in [0.3, 0.4) is 0 Å². The Hall–Kier alpha value is -1.85. The van der Waals surface area contributed by atoms with Crippen molar-refractivity contribution in [3.05, 3.63) is 58.6 Å². The molecule has 0 atom stereocenters. The average Bonchev–Trinajstić information content (AvgIpc) is 2.49. The average molecular weight is 308 g/mol. The lowest BCUT2D eigenvalue weighted by molar-refractivity contribution is 0.103. The predicted octanol–water partition coefficient (Wildman–Crippen LogP) is 2.71. The maximum atomic E-state index is 12.6. The number of benzene rings is 2. The zero-order chi connectivity index (χ0) is 14.5. The molecule has 0 saturated heterocycles. The Morgan fingerprint density at radius 3 is 2.50 bits per heavy atom. The maximum Gasteiger partial charge on any atom is 0.264 e. The zero-order valence-electron chi connectivity index (χ0n) is 10.5. The highest BCUT2D eigenvalue weighted by atomic mass is 35.5. The quantitative estimate of drug-likeness (QED) is 0.752. The van der Waals surface area contributed by atoms with E-state index in [2.05, 4.69) is 0 Å². The van der Waals surface area contributed by atoms with E-state index in [0.717, 1.165) is 4.31 Å². The first-order valence-corrected chi connectivity index (χ1v) is 7.67. The van der Waals surface area contributed by atoms with E-state index in [1.165, 1.54) is 25.2 Å². The lowest BCUT2D eigenvalue weighted by Crippen LogP contribution is -2.26. The molecular weight excluding hydrogens is 298 g/mol. The van der Waals surface area contributed by atoms with Gasteiger partial charge in [-0.3, -0.25) is 9.10 Å². The number of fused-ring (bicyclic) bond motifs is 2. The number of sulfonamides is 1. The molecule has 0 bridgehead atoms. The summed E-state index contributed by atoms with van der Waals surface area (Å²) >= 11 is 5.89. The number of hydrogen-bond donors (Lipinski definition) is 0. The van der Waals surface area contributed by atoms with Crippen LogP contribution in [0.15, 0.2) is 47.4 Å². The molecular formula is C14H10ClNO3S. The molecule has 1 aliphatic rings. The third kappa shape index (κ3) is 1.74. The number of hydrogen-bond acceptors (Lipinski definition) is 3. The highest BCUT2D eigenvalue weighted by molar-refractivity contribution is 7.93. The summed E-state index contributed by atoms with van der Waals surface area (Å²) in [5.74, 6) is -0.342. The van der Waals surface area contributed by atoms with E-state index in [4.69, 9.17) is 11.6 Å².